The van der Waals surface area contributed by atoms with Gasteiger partial charge in [0.1, 0.15) is 34.7 Å². The van der Waals surface area contributed by atoms with Gasteiger partial charge in [-0.25, -0.2) is 9.97 Å². The van der Waals surface area contributed by atoms with Gasteiger partial charge in [0.15, 0.2) is 4.75 Å². The van der Waals surface area contributed by atoms with Gasteiger partial charge in [0, 0.05) is 18.0 Å². The van der Waals surface area contributed by atoms with E-state index in [0.717, 1.165) is 41.7 Å². The van der Waals surface area contributed by atoms with Crippen molar-refractivity contribution >= 4 is 21.5 Å². The lowest BCUT2D eigenvalue weighted by Crippen LogP contribution is -2.49. The van der Waals surface area contributed by atoms with Gasteiger partial charge in [0.25, 0.3) is 10.1 Å². The predicted octanol–water partition coefficient (Wildman–Crippen LogP) is 6.09. The Morgan fingerprint density at radius 2 is 1.83 bits per heavy atom. The van der Waals surface area contributed by atoms with Crippen LogP contribution in [0.25, 0.3) is 16.8 Å². The van der Waals surface area contributed by atoms with Gasteiger partial charge in [0.05, 0.1) is 0 Å². The molecule has 0 bridgehead atoms. The zero-order chi connectivity index (χ0) is 29.1. The van der Waals surface area contributed by atoms with E-state index < -0.39 is 14.9 Å². The number of nitrogen functional groups attached to an aromatic ring is 1. The summed E-state index contributed by atoms with van der Waals surface area (Å²) in [6.07, 6.45) is 6.14. The lowest BCUT2D eigenvalue weighted by Gasteiger charge is -2.44. The Morgan fingerprint density at radius 1 is 1.07 bits per heavy atom. The fraction of sp³-hybridized carbons (Fsp3) is 0.273. The molecule has 7 rings (SSSR count). The molecule has 1 aliphatic heterocycles. The van der Waals surface area contributed by atoms with Crippen molar-refractivity contribution < 1.29 is 17.7 Å². The van der Waals surface area contributed by atoms with Crippen LogP contribution >= 0.6 is 0 Å². The number of benzene rings is 3. The second-order valence-corrected chi connectivity index (χ2v) is 13.3. The quantitative estimate of drug-likeness (QED) is 0.233. The van der Waals surface area contributed by atoms with E-state index >= 15 is 0 Å². The molecule has 1 fully saturated rings. The zero-order valence-corrected chi connectivity index (χ0v) is 24.1. The third-order valence-electron chi connectivity index (χ3n) is 8.95. The molecular formula is C33H32N4O4S. The number of imidazole rings is 1. The van der Waals surface area contributed by atoms with Crippen molar-refractivity contribution in [3.05, 3.63) is 113 Å². The monoisotopic (exact) mass is 580 g/mol. The Labute approximate surface area is 245 Å². The molecule has 0 spiro atoms. The fourth-order valence-corrected chi connectivity index (χ4v) is 7.95. The zero-order valence-electron chi connectivity index (χ0n) is 23.3. The number of aromatic nitrogens is 3. The van der Waals surface area contributed by atoms with Crippen LogP contribution in [0.3, 0.4) is 0 Å². The number of hydrogen-bond acceptors (Lipinski definition) is 6. The highest BCUT2D eigenvalue weighted by Gasteiger charge is 2.58. The first-order valence-corrected chi connectivity index (χ1v) is 15.7. The maximum Gasteiger partial charge on any atom is 0.278 e. The van der Waals surface area contributed by atoms with Crippen molar-refractivity contribution in [2.24, 2.45) is 5.92 Å². The van der Waals surface area contributed by atoms with Gasteiger partial charge < -0.3 is 10.5 Å². The fourth-order valence-electron chi connectivity index (χ4n) is 6.68. The normalized spacial score (nSPS) is 21.9. The number of ether oxygens (including phenoxy) is 1. The Hall–Kier alpha value is -4.21. The number of rotatable bonds is 6. The predicted molar refractivity (Wildman–Crippen MR) is 162 cm³/mol. The molecule has 1 saturated carbocycles. The van der Waals surface area contributed by atoms with Crippen LogP contribution in [0.5, 0.6) is 5.75 Å². The minimum atomic E-state index is -4.51. The highest BCUT2D eigenvalue weighted by atomic mass is 32.2. The Morgan fingerprint density at radius 3 is 2.60 bits per heavy atom. The number of aryl methyl sites for hydroxylation is 2. The molecule has 3 heterocycles. The largest absolute Gasteiger partial charge is 0.485 e. The van der Waals surface area contributed by atoms with E-state index in [1.165, 1.54) is 17.3 Å². The molecule has 8 nitrogen and oxygen atoms in total. The smallest absolute Gasteiger partial charge is 0.278 e. The highest BCUT2D eigenvalue weighted by Crippen LogP contribution is 2.53. The molecule has 0 radical (unpaired) electrons. The molecule has 1 atom stereocenters. The molecule has 0 amide bonds. The summed E-state index contributed by atoms with van der Waals surface area (Å²) >= 11 is 0. The highest BCUT2D eigenvalue weighted by molar-refractivity contribution is 7.86. The third kappa shape index (κ3) is 4.35. The summed E-state index contributed by atoms with van der Waals surface area (Å²) in [6.45, 7) is 2.05. The van der Waals surface area contributed by atoms with Crippen LogP contribution in [0.1, 0.15) is 53.4 Å². The summed E-state index contributed by atoms with van der Waals surface area (Å²) < 4.78 is 43.4. The molecule has 214 valence electrons. The average molecular weight is 581 g/mol. The van der Waals surface area contributed by atoms with Crippen LogP contribution in [-0.4, -0.2) is 27.3 Å². The van der Waals surface area contributed by atoms with E-state index in [1.807, 2.05) is 48.5 Å². The number of hydrogen-bond donors (Lipinski definition) is 2. The third-order valence-corrected chi connectivity index (χ3v) is 10.5. The number of anilines is 1. The molecule has 2 aromatic heterocycles. The van der Waals surface area contributed by atoms with Crippen molar-refractivity contribution in [2.45, 2.75) is 49.9 Å². The second-order valence-electron chi connectivity index (χ2n) is 11.6. The van der Waals surface area contributed by atoms with Crippen LogP contribution in [0.4, 0.5) is 5.82 Å². The van der Waals surface area contributed by atoms with Crippen LogP contribution in [0.15, 0.2) is 85.2 Å². The van der Waals surface area contributed by atoms with E-state index in [0.29, 0.717) is 11.2 Å². The minimum Gasteiger partial charge on any atom is -0.485 e. The first-order chi connectivity index (χ1) is 20.2. The summed E-state index contributed by atoms with van der Waals surface area (Å²) in [5.41, 5.74) is 12.7. The molecule has 42 heavy (non-hydrogen) atoms. The molecule has 0 saturated heterocycles. The SMILES string of the molecule is Cc1ccccc1CC1CC(c2nc(-c3ccc4c(c3)OC(c3ccccc3)CC4)c3c(N)nccn23)(S(=O)(=O)O)C1. The summed E-state index contributed by atoms with van der Waals surface area (Å²) in [5, 5.41) is 0. The van der Waals surface area contributed by atoms with Gasteiger partial charge in [-0.3, -0.25) is 8.95 Å². The van der Waals surface area contributed by atoms with E-state index in [-0.39, 0.29) is 36.5 Å². The van der Waals surface area contributed by atoms with E-state index in [4.69, 9.17) is 15.5 Å². The van der Waals surface area contributed by atoms with Crippen LogP contribution in [0, 0.1) is 12.8 Å². The van der Waals surface area contributed by atoms with Crippen molar-refractivity contribution in [2.75, 3.05) is 5.73 Å². The number of fused-ring (bicyclic) bond motifs is 2. The topological polar surface area (TPSA) is 120 Å². The van der Waals surface area contributed by atoms with Crippen molar-refractivity contribution in [1.82, 2.24) is 14.4 Å². The maximum atomic E-state index is 13.1. The van der Waals surface area contributed by atoms with Gasteiger partial charge in [-0.1, -0.05) is 66.7 Å². The summed E-state index contributed by atoms with van der Waals surface area (Å²) in [4.78, 5) is 9.20. The van der Waals surface area contributed by atoms with E-state index in [1.54, 1.807) is 10.6 Å². The molecule has 3 aromatic carbocycles. The molecule has 1 aliphatic carbocycles. The van der Waals surface area contributed by atoms with Gasteiger partial charge in [0.2, 0.25) is 0 Å². The molecule has 3 N–H and O–H groups in total. The van der Waals surface area contributed by atoms with Gasteiger partial charge in [-0.05, 0) is 73.3 Å². The van der Waals surface area contributed by atoms with Crippen LogP contribution in [-0.2, 0) is 27.7 Å². The molecular weight excluding hydrogens is 548 g/mol. The standard InChI is InChI=1S/C33H32N4O4S/c1-21-7-5-6-10-25(21)17-22-19-33(20-22,42(38,39)40)32-36-29(30-31(34)35-15-16-37(30)32)26-12-11-24-13-14-27(41-28(24)18-26)23-8-3-2-4-9-23/h2-12,15-16,18,22,27H,13-14,17,19-20H2,1H3,(H2,34,35)(H,38,39,40). The number of nitrogens with zero attached hydrogens (tertiary/aromatic N) is 3. The first-order valence-electron chi connectivity index (χ1n) is 14.2. The maximum absolute atomic E-state index is 13.1. The Balaban J connectivity index is 1.29. The van der Waals surface area contributed by atoms with Gasteiger partial charge in [-0.2, -0.15) is 8.42 Å². The van der Waals surface area contributed by atoms with Crippen molar-refractivity contribution in [3.63, 3.8) is 0 Å². The van der Waals surface area contributed by atoms with Gasteiger partial charge in [-0.15, -0.1) is 0 Å². The van der Waals surface area contributed by atoms with Crippen molar-refractivity contribution in [1.29, 1.82) is 0 Å². The van der Waals surface area contributed by atoms with Crippen LogP contribution in [0.2, 0.25) is 0 Å². The summed E-state index contributed by atoms with van der Waals surface area (Å²) in [7, 11) is -4.51. The summed E-state index contributed by atoms with van der Waals surface area (Å²) in [5.74, 6) is 1.33. The summed E-state index contributed by atoms with van der Waals surface area (Å²) in [6, 6.07) is 24.2. The molecule has 5 aromatic rings. The lowest BCUT2D eigenvalue weighted by atomic mass is 9.70. The van der Waals surface area contributed by atoms with E-state index in [9.17, 15) is 13.0 Å². The lowest BCUT2D eigenvalue weighted by molar-refractivity contribution is 0.177. The Bertz CT molecular complexity index is 1910. The Kier molecular flexibility index (Phi) is 6.32. The average Bonchev–Trinajstić information content (AvgIpc) is 3.36. The second kappa shape index (κ2) is 9.96. The first kappa shape index (κ1) is 26.7. The van der Waals surface area contributed by atoms with Gasteiger partial charge >= 0.3 is 0 Å². The molecule has 1 unspecified atom stereocenters. The molecule has 2 aliphatic rings. The molecule has 9 heteroatoms. The minimum absolute atomic E-state index is 0.0575. The van der Waals surface area contributed by atoms with E-state index in [2.05, 4.69) is 36.2 Å². The van der Waals surface area contributed by atoms with Crippen molar-refractivity contribution in [3.8, 4) is 17.0 Å². The van der Waals surface area contributed by atoms with Crippen LogP contribution < -0.4 is 10.5 Å². The number of nitrogens with two attached hydrogens (primary N) is 1.